The average Bonchev–Trinajstić information content (AvgIpc) is 3.03. The van der Waals surface area contributed by atoms with Crippen molar-refractivity contribution in [3.8, 4) is 0 Å². The van der Waals surface area contributed by atoms with Crippen molar-refractivity contribution in [3.63, 3.8) is 0 Å². The Bertz CT molecular complexity index is 760. The van der Waals surface area contributed by atoms with Crippen LogP contribution in [0.1, 0.15) is 31.4 Å². The van der Waals surface area contributed by atoms with E-state index in [4.69, 9.17) is 4.52 Å². The number of aromatic nitrogens is 5. The molecule has 7 nitrogen and oxygen atoms in total. The number of aryl methyl sites for hydroxylation is 2. The fourth-order valence-corrected chi connectivity index (χ4v) is 2.39. The Morgan fingerprint density at radius 2 is 2.05 bits per heavy atom. The van der Waals surface area contributed by atoms with E-state index in [-0.39, 0.29) is 6.04 Å². The van der Waals surface area contributed by atoms with Gasteiger partial charge in [-0.05, 0) is 12.8 Å². The molecule has 3 aromatic heterocycles. The van der Waals surface area contributed by atoms with Crippen LogP contribution in [0.15, 0.2) is 23.2 Å². The molecule has 0 bridgehead atoms. The predicted molar refractivity (Wildman–Crippen MR) is 78.7 cm³/mol. The van der Waals surface area contributed by atoms with Gasteiger partial charge in [0.1, 0.15) is 23.4 Å². The van der Waals surface area contributed by atoms with Gasteiger partial charge in [0, 0.05) is 19.4 Å². The van der Waals surface area contributed by atoms with Crippen molar-refractivity contribution in [3.05, 3.63) is 30.2 Å². The third kappa shape index (κ3) is 2.35. The molecule has 1 atom stereocenters. The summed E-state index contributed by atoms with van der Waals surface area (Å²) < 4.78 is 7.19. The fourth-order valence-electron chi connectivity index (χ4n) is 2.39. The van der Waals surface area contributed by atoms with E-state index in [2.05, 4.69) is 39.3 Å². The first kappa shape index (κ1) is 13.5. The van der Waals surface area contributed by atoms with Gasteiger partial charge in [-0.25, -0.2) is 9.97 Å². The smallest absolute Gasteiger partial charge is 0.263 e. The Morgan fingerprint density at radius 1 is 1.24 bits per heavy atom. The zero-order valence-corrected chi connectivity index (χ0v) is 12.5. The number of imidazole rings is 1. The van der Waals surface area contributed by atoms with Crippen LogP contribution in [0, 0.1) is 12.8 Å². The second-order valence-corrected chi connectivity index (χ2v) is 5.43. The molecule has 7 heteroatoms. The van der Waals surface area contributed by atoms with Crippen molar-refractivity contribution in [1.29, 1.82) is 0 Å². The maximum atomic E-state index is 5.18. The van der Waals surface area contributed by atoms with Gasteiger partial charge in [0.15, 0.2) is 0 Å². The minimum absolute atomic E-state index is 0.0393. The monoisotopic (exact) mass is 286 g/mol. The average molecular weight is 286 g/mol. The lowest BCUT2D eigenvalue weighted by Gasteiger charge is -2.22. The molecule has 0 fully saturated rings. The molecule has 21 heavy (non-hydrogen) atoms. The van der Waals surface area contributed by atoms with E-state index in [1.807, 2.05) is 24.7 Å². The summed E-state index contributed by atoms with van der Waals surface area (Å²) in [6.07, 6.45) is 5.21. The molecule has 0 spiro atoms. The number of hydrogen-bond donors (Lipinski definition) is 1. The second-order valence-electron chi connectivity index (χ2n) is 5.43. The van der Waals surface area contributed by atoms with E-state index in [1.165, 1.54) is 6.33 Å². The van der Waals surface area contributed by atoms with E-state index in [1.54, 1.807) is 6.20 Å². The van der Waals surface area contributed by atoms with Crippen LogP contribution in [0.5, 0.6) is 0 Å². The van der Waals surface area contributed by atoms with E-state index >= 15 is 0 Å². The van der Waals surface area contributed by atoms with Crippen LogP contribution >= 0.6 is 0 Å². The molecule has 0 saturated carbocycles. The van der Waals surface area contributed by atoms with Gasteiger partial charge in [-0.15, -0.1) is 0 Å². The van der Waals surface area contributed by atoms with Crippen molar-refractivity contribution >= 4 is 16.9 Å². The maximum Gasteiger partial charge on any atom is 0.263 e. The highest BCUT2D eigenvalue weighted by molar-refractivity contribution is 5.87. The summed E-state index contributed by atoms with van der Waals surface area (Å²) in [5.74, 6) is 2.03. The number of nitrogens with zero attached hydrogens (tertiary/aromatic N) is 5. The van der Waals surface area contributed by atoms with Crippen LogP contribution in [0.4, 0.5) is 5.82 Å². The van der Waals surface area contributed by atoms with Crippen LogP contribution in [-0.2, 0) is 7.05 Å². The van der Waals surface area contributed by atoms with Gasteiger partial charge in [0.2, 0.25) is 0 Å². The van der Waals surface area contributed by atoms with Crippen molar-refractivity contribution < 1.29 is 4.52 Å². The summed E-state index contributed by atoms with van der Waals surface area (Å²) in [5, 5.41) is 8.22. The molecule has 1 N–H and O–H groups in total. The minimum atomic E-state index is 0.0393. The largest absolute Gasteiger partial charge is 0.359 e. The molecule has 3 aromatic rings. The van der Waals surface area contributed by atoms with E-state index in [0.29, 0.717) is 11.6 Å². The zero-order valence-electron chi connectivity index (χ0n) is 12.5. The number of nitrogens with one attached hydrogen (secondary N) is 1. The molecule has 0 aliphatic heterocycles. The highest BCUT2D eigenvalue weighted by Crippen LogP contribution is 2.29. The lowest BCUT2D eigenvalue weighted by Crippen LogP contribution is -2.21. The van der Waals surface area contributed by atoms with Crippen molar-refractivity contribution in [2.45, 2.75) is 26.8 Å². The summed E-state index contributed by atoms with van der Waals surface area (Å²) >= 11 is 0. The third-order valence-corrected chi connectivity index (χ3v) is 3.54. The lowest BCUT2D eigenvalue weighted by atomic mass is 10.0. The summed E-state index contributed by atoms with van der Waals surface area (Å²) in [7, 11) is 1.99. The van der Waals surface area contributed by atoms with Crippen LogP contribution in [0.2, 0.25) is 0 Å². The quantitative estimate of drug-likeness (QED) is 0.793. The molecule has 0 saturated heterocycles. The molecule has 110 valence electrons. The van der Waals surface area contributed by atoms with Gasteiger partial charge >= 0.3 is 0 Å². The first-order valence-corrected chi connectivity index (χ1v) is 6.88. The highest BCUT2D eigenvalue weighted by Gasteiger charge is 2.22. The van der Waals surface area contributed by atoms with Crippen LogP contribution < -0.4 is 5.32 Å². The molecule has 3 heterocycles. The lowest BCUT2D eigenvalue weighted by molar-refractivity contribution is 0.442. The van der Waals surface area contributed by atoms with Crippen molar-refractivity contribution in [1.82, 2.24) is 24.7 Å². The molecular formula is C14H18N6O. The molecular weight excluding hydrogens is 268 g/mol. The van der Waals surface area contributed by atoms with Crippen LogP contribution in [0.3, 0.4) is 0 Å². The van der Waals surface area contributed by atoms with Crippen molar-refractivity contribution in [2.24, 2.45) is 13.0 Å². The van der Waals surface area contributed by atoms with Gasteiger partial charge in [-0.1, -0.05) is 19.0 Å². The molecule has 0 aliphatic carbocycles. The molecule has 0 radical (unpaired) electrons. The third-order valence-electron chi connectivity index (χ3n) is 3.54. The Hall–Kier alpha value is -2.44. The molecule has 0 aromatic carbocycles. The van der Waals surface area contributed by atoms with Crippen LogP contribution in [-0.4, -0.2) is 24.7 Å². The number of fused-ring (bicyclic) bond motifs is 1. The summed E-state index contributed by atoms with van der Waals surface area (Å²) in [4.78, 5) is 12.9. The number of rotatable bonds is 4. The first-order chi connectivity index (χ1) is 10.1. The van der Waals surface area contributed by atoms with E-state index in [0.717, 1.165) is 22.7 Å². The minimum Gasteiger partial charge on any atom is -0.359 e. The normalized spacial score (nSPS) is 13.0. The Balaban J connectivity index is 2.03. The van der Waals surface area contributed by atoms with Gasteiger partial charge < -0.3 is 14.4 Å². The van der Waals surface area contributed by atoms with Gasteiger partial charge in [-0.2, -0.15) is 4.98 Å². The van der Waals surface area contributed by atoms with Gasteiger partial charge in [-0.3, -0.25) is 0 Å². The van der Waals surface area contributed by atoms with Crippen molar-refractivity contribution in [2.75, 3.05) is 5.32 Å². The Morgan fingerprint density at radius 3 is 2.71 bits per heavy atom. The standard InChI is InChI=1S/C14H18N6O/c1-8(2)11(13-15-5-6-20(13)4)18-12-10-9(3)19-21-14(10)17-7-16-12/h5-8,11H,1-4H3,(H,16,17,18). The van der Waals surface area contributed by atoms with E-state index in [9.17, 15) is 0 Å². The van der Waals surface area contributed by atoms with Gasteiger partial charge in [0.25, 0.3) is 5.71 Å². The summed E-state index contributed by atoms with van der Waals surface area (Å²) in [5.41, 5.74) is 1.27. The fraction of sp³-hybridized carbons (Fsp3) is 0.429. The van der Waals surface area contributed by atoms with Gasteiger partial charge in [0.05, 0.1) is 11.7 Å². The Labute approximate surface area is 122 Å². The summed E-state index contributed by atoms with van der Waals surface area (Å²) in [6.45, 7) is 6.17. The molecule has 0 amide bonds. The molecule has 1 unspecified atom stereocenters. The first-order valence-electron chi connectivity index (χ1n) is 6.88. The molecule has 0 aliphatic rings. The second kappa shape index (κ2) is 5.16. The number of anilines is 1. The highest BCUT2D eigenvalue weighted by atomic mass is 16.5. The SMILES string of the molecule is Cc1noc2ncnc(NC(c3nccn3C)C(C)C)c12. The number of hydrogen-bond acceptors (Lipinski definition) is 6. The molecule has 3 rings (SSSR count). The Kier molecular flexibility index (Phi) is 3.32. The van der Waals surface area contributed by atoms with E-state index < -0.39 is 0 Å². The van der Waals surface area contributed by atoms with Crippen LogP contribution in [0.25, 0.3) is 11.1 Å². The topological polar surface area (TPSA) is 81.7 Å². The zero-order chi connectivity index (χ0) is 15.0. The predicted octanol–water partition coefficient (Wildman–Crippen LogP) is 2.47. The summed E-state index contributed by atoms with van der Waals surface area (Å²) in [6, 6.07) is 0.0393. The maximum absolute atomic E-state index is 5.18.